The van der Waals surface area contributed by atoms with Gasteiger partial charge in [0.1, 0.15) is 11.5 Å². The minimum Gasteiger partial charge on any atom is -0.497 e. The van der Waals surface area contributed by atoms with Crippen LogP contribution in [0.25, 0.3) is 0 Å². The third kappa shape index (κ3) is 3.38. The SMILES string of the molecule is CCc1cccc(N[C@@H]2c3ncccc3C(=O)N2c2cc(OC)ccc2OC)c1. The van der Waals surface area contributed by atoms with Gasteiger partial charge < -0.3 is 14.8 Å². The molecule has 29 heavy (non-hydrogen) atoms. The van der Waals surface area contributed by atoms with Gasteiger partial charge in [-0.05, 0) is 48.4 Å². The number of carbonyl (C=O) groups excluding carboxylic acids is 1. The van der Waals surface area contributed by atoms with Crippen molar-refractivity contribution in [2.24, 2.45) is 0 Å². The molecule has 1 amide bonds. The fraction of sp³-hybridized carbons (Fsp3) is 0.217. The number of hydrogen-bond donors (Lipinski definition) is 1. The number of nitrogens with one attached hydrogen (secondary N) is 1. The largest absolute Gasteiger partial charge is 0.497 e. The maximum absolute atomic E-state index is 13.3. The molecule has 1 aliphatic rings. The van der Waals surface area contributed by atoms with Crippen LogP contribution in [0.3, 0.4) is 0 Å². The van der Waals surface area contributed by atoms with Crippen LogP contribution in [-0.4, -0.2) is 25.1 Å². The summed E-state index contributed by atoms with van der Waals surface area (Å²) in [6.07, 6.45) is 2.17. The first-order valence-corrected chi connectivity index (χ1v) is 9.52. The van der Waals surface area contributed by atoms with Crippen LogP contribution >= 0.6 is 0 Å². The van der Waals surface area contributed by atoms with Crippen molar-refractivity contribution in [3.05, 3.63) is 77.6 Å². The van der Waals surface area contributed by atoms with E-state index in [0.29, 0.717) is 28.4 Å². The van der Waals surface area contributed by atoms with Crippen molar-refractivity contribution in [1.29, 1.82) is 0 Å². The lowest BCUT2D eigenvalue weighted by molar-refractivity contribution is 0.0992. The van der Waals surface area contributed by atoms with Gasteiger partial charge in [0.05, 0.1) is 31.2 Å². The van der Waals surface area contributed by atoms with Crippen molar-refractivity contribution in [3.8, 4) is 11.5 Å². The molecule has 148 valence electrons. The van der Waals surface area contributed by atoms with E-state index in [1.807, 2.05) is 12.1 Å². The fourth-order valence-electron chi connectivity index (χ4n) is 3.59. The number of rotatable bonds is 6. The number of fused-ring (bicyclic) bond motifs is 1. The Bertz CT molecular complexity index is 1050. The molecule has 2 heterocycles. The quantitative estimate of drug-likeness (QED) is 0.676. The van der Waals surface area contributed by atoms with Crippen molar-refractivity contribution in [2.75, 3.05) is 24.4 Å². The Hall–Kier alpha value is -3.54. The first-order chi connectivity index (χ1) is 14.2. The normalized spacial score (nSPS) is 15.2. The highest BCUT2D eigenvalue weighted by Crippen LogP contribution is 2.42. The smallest absolute Gasteiger partial charge is 0.262 e. The molecule has 2 aromatic carbocycles. The lowest BCUT2D eigenvalue weighted by atomic mass is 10.1. The van der Waals surface area contributed by atoms with Crippen molar-refractivity contribution in [3.63, 3.8) is 0 Å². The van der Waals surface area contributed by atoms with E-state index in [1.54, 1.807) is 55.6 Å². The number of benzene rings is 2. The summed E-state index contributed by atoms with van der Waals surface area (Å²) >= 11 is 0. The summed E-state index contributed by atoms with van der Waals surface area (Å²) in [4.78, 5) is 19.5. The Balaban J connectivity index is 1.82. The molecule has 3 aromatic rings. The first-order valence-electron chi connectivity index (χ1n) is 9.52. The van der Waals surface area contributed by atoms with Gasteiger partial charge in [0.15, 0.2) is 6.17 Å². The van der Waals surface area contributed by atoms with Crippen LogP contribution in [-0.2, 0) is 6.42 Å². The monoisotopic (exact) mass is 389 g/mol. The highest BCUT2D eigenvalue weighted by atomic mass is 16.5. The van der Waals surface area contributed by atoms with E-state index in [2.05, 4.69) is 29.4 Å². The molecule has 0 saturated heterocycles. The number of carbonyl (C=O) groups is 1. The average Bonchev–Trinajstić information content (AvgIpc) is 3.05. The van der Waals surface area contributed by atoms with E-state index in [1.165, 1.54) is 5.56 Å². The molecule has 1 N–H and O–H groups in total. The van der Waals surface area contributed by atoms with Gasteiger partial charge in [0.25, 0.3) is 5.91 Å². The van der Waals surface area contributed by atoms with Gasteiger partial charge in [0.2, 0.25) is 0 Å². The molecule has 0 radical (unpaired) electrons. The summed E-state index contributed by atoms with van der Waals surface area (Å²) in [6.45, 7) is 2.11. The summed E-state index contributed by atoms with van der Waals surface area (Å²) in [5.74, 6) is 1.09. The summed E-state index contributed by atoms with van der Waals surface area (Å²) in [7, 11) is 3.18. The zero-order valence-corrected chi connectivity index (χ0v) is 16.7. The van der Waals surface area contributed by atoms with Crippen LogP contribution < -0.4 is 19.7 Å². The lowest BCUT2D eigenvalue weighted by Gasteiger charge is -2.28. The molecule has 0 fully saturated rings. The van der Waals surface area contributed by atoms with Gasteiger partial charge in [0, 0.05) is 18.0 Å². The molecule has 0 saturated carbocycles. The standard InChI is InChI=1S/C23H23N3O3/c1-4-15-7-5-8-16(13-15)25-22-21-18(9-6-12-24-21)23(27)26(22)19-14-17(28-2)10-11-20(19)29-3/h5-14,22,25H,4H2,1-3H3/t22-/m0/s1. The molecule has 6 nitrogen and oxygen atoms in total. The number of anilines is 2. The summed E-state index contributed by atoms with van der Waals surface area (Å²) in [6, 6.07) is 17.2. The molecular formula is C23H23N3O3. The number of nitrogens with zero attached hydrogens (tertiary/aromatic N) is 2. The number of aryl methyl sites for hydroxylation is 1. The Morgan fingerprint density at radius 1 is 1.07 bits per heavy atom. The zero-order valence-electron chi connectivity index (χ0n) is 16.7. The Morgan fingerprint density at radius 2 is 1.93 bits per heavy atom. The number of amides is 1. The average molecular weight is 389 g/mol. The van der Waals surface area contributed by atoms with Crippen molar-refractivity contribution in [1.82, 2.24) is 4.98 Å². The Labute approximate surface area is 170 Å². The molecule has 0 aliphatic carbocycles. The predicted molar refractivity (Wildman–Crippen MR) is 113 cm³/mol. The molecule has 0 bridgehead atoms. The van der Waals surface area contributed by atoms with Gasteiger partial charge in [-0.25, -0.2) is 0 Å². The van der Waals surface area contributed by atoms with E-state index in [4.69, 9.17) is 9.47 Å². The van der Waals surface area contributed by atoms with Crippen molar-refractivity contribution in [2.45, 2.75) is 19.5 Å². The van der Waals surface area contributed by atoms with E-state index < -0.39 is 6.17 Å². The Morgan fingerprint density at radius 3 is 2.69 bits per heavy atom. The summed E-state index contributed by atoms with van der Waals surface area (Å²) < 4.78 is 10.9. The minimum atomic E-state index is -0.466. The third-order valence-electron chi connectivity index (χ3n) is 5.09. The highest BCUT2D eigenvalue weighted by molar-refractivity contribution is 6.11. The molecule has 4 rings (SSSR count). The zero-order chi connectivity index (χ0) is 20.4. The van der Waals surface area contributed by atoms with Crippen LogP contribution in [0.2, 0.25) is 0 Å². The van der Waals surface area contributed by atoms with Gasteiger partial charge in [-0.1, -0.05) is 19.1 Å². The van der Waals surface area contributed by atoms with E-state index in [0.717, 1.165) is 12.1 Å². The molecule has 1 aliphatic heterocycles. The lowest BCUT2D eigenvalue weighted by Crippen LogP contribution is -2.32. The molecule has 0 spiro atoms. The number of aromatic nitrogens is 1. The summed E-state index contributed by atoms with van der Waals surface area (Å²) in [5.41, 5.74) is 4.02. The van der Waals surface area contributed by atoms with Gasteiger partial charge >= 0.3 is 0 Å². The minimum absolute atomic E-state index is 0.135. The maximum atomic E-state index is 13.3. The first kappa shape index (κ1) is 18.8. The molecule has 6 heteroatoms. The van der Waals surface area contributed by atoms with Crippen LogP contribution in [0.15, 0.2) is 60.8 Å². The maximum Gasteiger partial charge on any atom is 0.262 e. The topological polar surface area (TPSA) is 63.7 Å². The van der Waals surface area contributed by atoms with Crippen LogP contribution in [0.1, 0.15) is 34.7 Å². The van der Waals surface area contributed by atoms with Gasteiger partial charge in [-0.15, -0.1) is 0 Å². The van der Waals surface area contributed by atoms with Crippen LogP contribution in [0.4, 0.5) is 11.4 Å². The predicted octanol–water partition coefficient (Wildman–Crippen LogP) is 4.43. The van der Waals surface area contributed by atoms with Crippen LogP contribution in [0, 0.1) is 0 Å². The third-order valence-corrected chi connectivity index (χ3v) is 5.09. The fourth-order valence-corrected chi connectivity index (χ4v) is 3.59. The Kier molecular flexibility index (Phi) is 5.08. The molecule has 1 aromatic heterocycles. The molecular weight excluding hydrogens is 366 g/mol. The van der Waals surface area contributed by atoms with Crippen molar-refractivity contribution < 1.29 is 14.3 Å². The van der Waals surface area contributed by atoms with Crippen molar-refractivity contribution >= 4 is 17.3 Å². The number of hydrogen-bond acceptors (Lipinski definition) is 5. The number of pyridine rings is 1. The van der Waals surface area contributed by atoms with Crippen LogP contribution in [0.5, 0.6) is 11.5 Å². The second kappa shape index (κ2) is 7.83. The van der Waals surface area contributed by atoms with E-state index in [9.17, 15) is 4.79 Å². The molecule has 1 atom stereocenters. The van der Waals surface area contributed by atoms with E-state index >= 15 is 0 Å². The second-order valence-electron chi connectivity index (χ2n) is 6.75. The number of methoxy groups -OCH3 is 2. The second-order valence-corrected chi connectivity index (χ2v) is 6.75. The number of ether oxygens (including phenoxy) is 2. The van der Waals surface area contributed by atoms with Gasteiger partial charge in [-0.2, -0.15) is 0 Å². The molecule has 0 unspecified atom stereocenters. The highest BCUT2D eigenvalue weighted by Gasteiger charge is 2.40. The van der Waals surface area contributed by atoms with Gasteiger partial charge in [-0.3, -0.25) is 14.7 Å². The summed E-state index contributed by atoms with van der Waals surface area (Å²) in [5, 5.41) is 3.49. The van der Waals surface area contributed by atoms with E-state index in [-0.39, 0.29) is 5.91 Å².